The van der Waals surface area contributed by atoms with Crippen LogP contribution in [0.3, 0.4) is 0 Å². The number of benzene rings is 1. The van der Waals surface area contributed by atoms with E-state index in [1.54, 1.807) is 17.8 Å². The van der Waals surface area contributed by atoms with Crippen LogP contribution < -0.4 is 4.74 Å². The number of ether oxygens (including phenoxy) is 1. The molecule has 4 heteroatoms. The molecule has 18 heavy (non-hydrogen) atoms. The Morgan fingerprint density at radius 1 is 1.17 bits per heavy atom. The highest BCUT2D eigenvalue weighted by Gasteiger charge is 2.08. The third kappa shape index (κ3) is 1.72. The van der Waals surface area contributed by atoms with Gasteiger partial charge < -0.3 is 4.74 Å². The van der Waals surface area contributed by atoms with E-state index >= 15 is 0 Å². The minimum Gasteiger partial charge on any atom is -0.496 e. The van der Waals surface area contributed by atoms with Crippen LogP contribution in [0.5, 0.6) is 5.75 Å². The first-order valence-corrected chi connectivity index (χ1v) is 5.73. The Morgan fingerprint density at radius 2 is 2.06 bits per heavy atom. The summed E-state index contributed by atoms with van der Waals surface area (Å²) in [6.07, 6.45) is 3.57. The molecule has 3 rings (SSSR count). The van der Waals surface area contributed by atoms with Crippen molar-refractivity contribution in [2.24, 2.45) is 0 Å². The van der Waals surface area contributed by atoms with Crippen LogP contribution in [0.4, 0.5) is 0 Å². The van der Waals surface area contributed by atoms with Gasteiger partial charge in [0.2, 0.25) is 0 Å². The average molecular weight is 239 g/mol. The number of nitrogens with zero attached hydrogens (tertiary/aromatic N) is 3. The molecule has 0 fully saturated rings. The maximum Gasteiger partial charge on any atom is 0.153 e. The van der Waals surface area contributed by atoms with E-state index in [4.69, 9.17) is 4.74 Å². The molecule has 0 radical (unpaired) electrons. The van der Waals surface area contributed by atoms with Crippen LogP contribution in [0.1, 0.15) is 5.56 Å². The summed E-state index contributed by atoms with van der Waals surface area (Å²) >= 11 is 0. The lowest BCUT2D eigenvalue weighted by atomic mass is 10.1. The van der Waals surface area contributed by atoms with Crippen LogP contribution in [0.25, 0.3) is 16.9 Å². The fourth-order valence-corrected chi connectivity index (χ4v) is 1.98. The zero-order valence-corrected chi connectivity index (χ0v) is 10.3. The highest BCUT2D eigenvalue weighted by Crippen LogP contribution is 2.29. The van der Waals surface area contributed by atoms with Gasteiger partial charge in [0.15, 0.2) is 5.65 Å². The van der Waals surface area contributed by atoms with Crippen LogP contribution in [-0.2, 0) is 0 Å². The van der Waals surface area contributed by atoms with Crippen molar-refractivity contribution in [2.45, 2.75) is 6.92 Å². The first-order chi connectivity index (χ1) is 8.78. The second kappa shape index (κ2) is 4.14. The summed E-state index contributed by atoms with van der Waals surface area (Å²) in [6, 6.07) is 9.97. The zero-order valence-electron chi connectivity index (χ0n) is 10.3. The third-order valence-corrected chi connectivity index (χ3v) is 2.89. The molecule has 0 unspecified atom stereocenters. The minimum absolute atomic E-state index is 0.826. The number of aryl methyl sites for hydroxylation is 1. The second-order valence-corrected chi connectivity index (χ2v) is 4.15. The molecule has 0 spiro atoms. The summed E-state index contributed by atoms with van der Waals surface area (Å²) in [6.45, 7) is 2.05. The summed E-state index contributed by atoms with van der Waals surface area (Å²) in [5.41, 5.74) is 3.89. The highest BCUT2D eigenvalue weighted by molar-refractivity contribution is 5.68. The van der Waals surface area contributed by atoms with Gasteiger partial charge in [-0.05, 0) is 31.2 Å². The van der Waals surface area contributed by atoms with E-state index in [0.717, 1.165) is 22.7 Å². The maximum absolute atomic E-state index is 5.38. The van der Waals surface area contributed by atoms with E-state index in [1.165, 1.54) is 5.56 Å². The molecule has 0 aliphatic heterocycles. The number of fused-ring (bicyclic) bond motifs is 1. The van der Waals surface area contributed by atoms with Gasteiger partial charge in [-0.2, -0.15) is 5.10 Å². The molecule has 0 bridgehead atoms. The zero-order chi connectivity index (χ0) is 12.5. The monoisotopic (exact) mass is 239 g/mol. The molecule has 0 aliphatic carbocycles. The Balaban J connectivity index is 2.21. The van der Waals surface area contributed by atoms with Gasteiger partial charge in [0.1, 0.15) is 5.75 Å². The topological polar surface area (TPSA) is 39.4 Å². The second-order valence-electron chi connectivity index (χ2n) is 4.15. The first kappa shape index (κ1) is 10.8. The van der Waals surface area contributed by atoms with Crippen molar-refractivity contribution in [3.05, 3.63) is 48.3 Å². The molecule has 4 nitrogen and oxygen atoms in total. The predicted octanol–water partition coefficient (Wildman–Crippen LogP) is 2.71. The fourth-order valence-electron chi connectivity index (χ4n) is 1.98. The van der Waals surface area contributed by atoms with Gasteiger partial charge in [-0.25, -0.2) is 9.50 Å². The van der Waals surface area contributed by atoms with E-state index in [2.05, 4.69) is 23.1 Å². The number of rotatable bonds is 2. The predicted molar refractivity (Wildman–Crippen MR) is 69.7 cm³/mol. The minimum atomic E-state index is 0.826. The molecule has 0 N–H and O–H groups in total. The van der Waals surface area contributed by atoms with Crippen LogP contribution >= 0.6 is 0 Å². The van der Waals surface area contributed by atoms with Crippen molar-refractivity contribution < 1.29 is 4.74 Å². The van der Waals surface area contributed by atoms with E-state index in [9.17, 15) is 0 Å². The molecule has 0 saturated heterocycles. The molecule has 0 atom stereocenters. The highest BCUT2D eigenvalue weighted by atomic mass is 16.5. The molecule has 1 aromatic carbocycles. The Morgan fingerprint density at radius 3 is 2.89 bits per heavy atom. The van der Waals surface area contributed by atoms with Crippen molar-refractivity contribution >= 4 is 5.65 Å². The van der Waals surface area contributed by atoms with Gasteiger partial charge in [-0.15, -0.1) is 0 Å². The van der Waals surface area contributed by atoms with Gasteiger partial charge in [0, 0.05) is 18.0 Å². The maximum atomic E-state index is 5.38. The van der Waals surface area contributed by atoms with Crippen LogP contribution in [0.2, 0.25) is 0 Å². The Labute approximate surface area is 105 Å². The van der Waals surface area contributed by atoms with Crippen molar-refractivity contribution in [3.63, 3.8) is 0 Å². The van der Waals surface area contributed by atoms with Crippen LogP contribution in [0, 0.1) is 6.92 Å². The van der Waals surface area contributed by atoms with Crippen molar-refractivity contribution in [3.8, 4) is 17.0 Å². The number of aromatic nitrogens is 3. The van der Waals surface area contributed by atoms with Crippen LogP contribution in [0.15, 0.2) is 42.7 Å². The lowest BCUT2D eigenvalue weighted by Crippen LogP contribution is -1.95. The molecular weight excluding hydrogens is 226 g/mol. The molecule has 0 amide bonds. The summed E-state index contributed by atoms with van der Waals surface area (Å²) < 4.78 is 7.14. The molecule has 2 aromatic heterocycles. The number of methoxy groups -OCH3 is 1. The first-order valence-electron chi connectivity index (χ1n) is 5.73. The van der Waals surface area contributed by atoms with E-state index in [0.29, 0.717) is 0 Å². The van der Waals surface area contributed by atoms with E-state index < -0.39 is 0 Å². The number of hydrogen-bond acceptors (Lipinski definition) is 3. The fraction of sp³-hybridized carbons (Fsp3) is 0.143. The number of hydrogen-bond donors (Lipinski definition) is 0. The van der Waals surface area contributed by atoms with Gasteiger partial charge in [0.25, 0.3) is 0 Å². The molecule has 0 saturated carbocycles. The Kier molecular flexibility index (Phi) is 2.48. The lowest BCUT2D eigenvalue weighted by Gasteiger charge is -2.09. The van der Waals surface area contributed by atoms with Crippen LogP contribution in [-0.4, -0.2) is 21.7 Å². The molecule has 2 heterocycles. The molecular formula is C14H13N3O. The van der Waals surface area contributed by atoms with E-state index in [1.807, 2.05) is 30.5 Å². The molecule has 90 valence electrons. The quantitative estimate of drug-likeness (QED) is 0.690. The summed E-state index contributed by atoms with van der Waals surface area (Å²) in [7, 11) is 1.67. The summed E-state index contributed by atoms with van der Waals surface area (Å²) in [4.78, 5) is 4.18. The number of imidazole rings is 1. The van der Waals surface area contributed by atoms with E-state index in [-0.39, 0.29) is 0 Å². The van der Waals surface area contributed by atoms with Gasteiger partial charge in [-0.3, -0.25) is 0 Å². The third-order valence-electron chi connectivity index (χ3n) is 2.89. The largest absolute Gasteiger partial charge is 0.496 e. The summed E-state index contributed by atoms with van der Waals surface area (Å²) in [5.74, 6) is 0.826. The van der Waals surface area contributed by atoms with Crippen molar-refractivity contribution in [2.75, 3.05) is 7.11 Å². The summed E-state index contributed by atoms with van der Waals surface area (Å²) in [5, 5.41) is 4.53. The Hall–Kier alpha value is -2.36. The van der Waals surface area contributed by atoms with Gasteiger partial charge in [0.05, 0.1) is 12.8 Å². The van der Waals surface area contributed by atoms with Gasteiger partial charge in [-0.1, -0.05) is 11.6 Å². The van der Waals surface area contributed by atoms with Crippen molar-refractivity contribution in [1.82, 2.24) is 14.6 Å². The molecule has 3 aromatic rings. The van der Waals surface area contributed by atoms with Crippen molar-refractivity contribution in [1.29, 1.82) is 0 Å². The molecule has 0 aliphatic rings. The average Bonchev–Trinajstić information content (AvgIpc) is 2.85. The lowest BCUT2D eigenvalue weighted by molar-refractivity contribution is 0.416. The standard InChI is InChI=1S/C14H13N3O/c1-10-3-5-13(18-2)11(9-10)12-4-6-14-15-7-8-17(14)16-12/h3-9H,1-2H3. The van der Waals surface area contributed by atoms with Gasteiger partial charge >= 0.3 is 0 Å². The normalized spacial score (nSPS) is 10.8. The SMILES string of the molecule is COc1ccc(C)cc1-c1ccc2nccn2n1. The Bertz CT molecular complexity index is 703. The smallest absolute Gasteiger partial charge is 0.153 e.